The first-order valence-corrected chi connectivity index (χ1v) is 14.9. The van der Waals surface area contributed by atoms with E-state index in [0.29, 0.717) is 17.1 Å². The number of hydrogen-bond acceptors (Lipinski definition) is 4. The number of anilines is 1. The number of hydrogen-bond donors (Lipinski definition) is 1. The monoisotopic (exact) mass is 607 g/mol. The third-order valence-electron chi connectivity index (χ3n) is 6.22. The van der Waals surface area contributed by atoms with E-state index >= 15 is 0 Å². The number of para-hydroxylation sites is 1. The fourth-order valence-corrected chi connectivity index (χ4v) is 5.76. The highest BCUT2D eigenvalue weighted by Crippen LogP contribution is 2.28. The molecule has 0 aliphatic carbocycles. The lowest BCUT2D eigenvalue weighted by Crippen LogP contribution is -2.51. The number of halogens is 3. The average Bonchev–Trinajstić information content (AvgIpc) is 2.90. The quantitative estimate of drug-likeness (QED) is 0.297. The molecule has 0 bridgehead atoms. The number of amides is 2. The van der Waals surface area contributed by atoms with E-state index < -0.39 is 40.2 Å². The van der Waals surface area contributed by atoms with Crippen LogP contribution in [0.25, 0.3) is 0 Å². The second-order valence-corrected chi connectivity index (χ2v) is 12.6. The molecule has 0 aliphatic rings. The molecule has 40 heavy (non-hydrogen) atoms. The van der Waals surface area contributed by atoms with Crippen LogP contribution in [0, 0.1) is 18.7 Å². The summed E-state index contributed by atoms with van der Waals surface area (Å²) in [5, 5.41) is 3.47. The van der Waals surface area contributed by atoms with Crippen LogP contribution in [0.15, 0.2) is 71.6 Å². The number of benzene rings is 3. The number of carbonyl (C=O) groups is 2. The summed E-state index contributed by atoms with van der Waals surface area (Å²) in [5.74, 6) is -1.80. The average molecular weight is 609 g/mol. The molecule has 0 saturated heterocycles. The van der Waals surface area contributed by atoms with Gasteiger partial charge in [-0.2, -0.15) is 0 Å². The van der Waals surface area contributed by atoms with Gasteiger partial charge in [-0.3, -0.25) is 13.9 Å². The first-order valence-electron chi connectivity index (χ1n) is 12.7. The van der Waals surface area contributed by atoms with Crippen molar-refractivity contribution in [3.05, 3.63) is 93.7 Å². The van der Waals surface area contributed by atoms with Crippen LogP contribution in [0.5, 0.6) is 0 Å². The zero-order chi connectivity index (χ0) is 29.6. The van der Waals surface area contributed by atoms with Gasteiger partial charge in [0.1, 0.15) is 18.4 Å². The molecule has 1 unspecified atom stereocenters. The molecule has 0 fully saturated rings. The van der Waals surface area contributed by atoms with Crippen LogP contribution in [-0.2, 0) is 26.2 Å². The fraction of sp³-hybridized carbons (Fsp3) is 0.310. The Morgan fingerprint density at radius 1 is 0.975 bits per heavy atom. The van der Waals surface area contributed by atoms with Gasteiger partial charge in [-0.25, -0.2) is 12.8 Å². The standard InChI is InChI=1S/C29H32Cl2FN3O4S/c1-19(2)16-33-29(37)21(4)34(17-22-11-12-23(30)15-25(22)31)28(36)18-35(27-8-6-5-7-26(27)32)40(38,39)24-13-9-20(3)10-14-24/h5-15,19,21H,16-18H2,1-4H3,(H,33,37). The van der Waals surface area contributed by atoms with Crippen molar-refractivity contribution in [2.75, 3.05) is 17.4 Å². The van der Waals surface area contributed by atoms with Crippen LogP contribution in [0.4, 0.5) is 10.1 Å². The summed E-state index contributed by atoms with van der Waals surface area (Å²) in [5.41, 5.74) is 1.04. The van der Waals surface area contributed by atoms with Gasteiger partial charge >= 0.3 is 0 Å². The van der Waals surface area contributed by atoms with Crippen molar-refractivity contribution in [3.8, 4) is 0 Å². The van der Waals surface area contributed by atoms with Crippen LogP contribution >= 0.6 is 23.2 Å². The normalized spacial score (nSPS) is 12.2. The Hall–Kier alpha value is -3.14. The molecule has 3 aromatic rings. The predicted molar refractivity (Wildman–Crippen MR) is 156 cm³/mol. The maximum Gasteiger partial charge on any atom is 0.264 e. The van der Waals surface area contributed by atoms with Crippen LogP contribution in [0.1, 0.15) is 31.9 Å². The fourth-order valence-electron chi connectivity index (χ4n) is 3.87. The Kier molecular flexibility index (Phi) is 10.6. The Labute approximate surface area is 244 Å². The van der Waals surface area contributed by atoms with Crippen molar-refractivity contribution >= 4 is 50.7 Å². The molecule has 1 N–H and O–H groups in total. The van der Waals surface area contributed by atoms with Gasteiger partial charge in [0.05, 0.1) is 10.6 Å². The lowest BCUT2D eigenvalue weighted by Gasteiger charge is -2.32. The Morgan fingerprint density at radius 3 is 2.23 bits per heavy atom. The van der Waals surface area contributed by atoms with Crippen LogP contribution in [-0.4, -0.2) is 44.3 Å². The molecule has 0 heterocycles. The minimum absolute atomic E-state index is 0.107. The minimum Gasteiger partial charge on any atom is -0.354 e. The molecule has 3 rings (SSSR count). The third-order valence-corrected chi connectivity index (χ3v) is 8.58. The van der Waals surface area contributed by atoms with E-state index in [1.165, 1.54) is 41.3 Å². The summed E-state index contributed by atoms with van der Waals surface area (Å²) in [7, 11) is -4.37. The summed E-state index contributed by atoms with van der Waals surface area (Å²) < 4.78 is 43.2. The molecular weight excluding hydrogens is 576 g/mol. The molecule has 0 aromatic heterocycles. The molecule has 0 aliphatic heterocycles. The number of nitrogens with one attached hydrogen (secondary N) is 1. The molecular formula is C29H32Cl2FN3O4S. The van der Waals surface area contributed by atoms with Gasteiger partial charge in [0.2, 0.25) is 11.8 Å². The van der Waals surface area contributed by atoms with Gasteiger partial charge in [0, 0.05) is 23.1 Å². The molecule has 11 heteroatoms. The molecule has 3 aromatic carbocycles. The van der Waals surface area contributed by atoms with Crippen LogP contribution in [0.2, 0.25) is 10.0 Å². The van der Waals surface area contributed by atoms with E-state index in [9.17, 15) is 22.4 Å². The highest BCUT2D eigenvalue weighted by molar-refractivity contribution is 7.92. The molecule has 2 amide bonds. The Morgan fingerprint density at radius 2 is 1.62 bits per heavy atom. The van der Waals surface area contributed by atoms with E-state index in [1.807, 2.05) is 13.8 Å². The van der Waals surface area contributed by atoms with Gasteiger partial charge in [0.25, 0.3) is 10.0 Å². The lowest BCUT2D eigenvalue weighted by molar-refractivity contribution is -0.139. The van der Waals surface area contributed by atoms with E-state index in [2.05, 4.69) is 5.32 Å². The van der Waals surface area contributed by atoms with Gasteiger partial charge in [-0.05, 0) is 61.7 Å². The summed E-state index contributed by atoms with van der Waals surface area (Å²) in [6, 6.07) is 15.1. The zero-order valence-electron chi connectivity index (χ0n) is 22.7. The summed E-state index contributed by atoms with van der Waals surface area (Å²) in [4.78, 5) is 28.0. The summed E-state index contributed by atoms with van der Waals surface area (Å²) in [6.07, 6.45) is 0. The van der Waals surface area contributed by atoms with Crippen molar-refractivity contribution in [1.29, 1.82) is 0 Å². The Bertz CT molecular complexity index is 1470. The summed E-state index contributed by atoms with van der Waals surface area (Å²) in [6.45, 7) is 6.73. The highest BCUT2D eigenvalue weighted by Gasteiger charge is 2.33. The van der Waals surface area contributed by atoms with Gasteiger partial charge < -0.3 is 10.2 Å². The lowest BCUT2D eigenvalue weighted by atomic mass is 10.1. The van der Waals surface area contributed by atoms with E-state index in [1.54, 1.807) is 38.1 Å². The van der Waals surface area contributed by atoms with Gasteiger partial charge in [0.15, 0.2) is 0 Å². The van der Waals surface area contributed by atoms with Crippen molar-refractivity contribution in [1.82, 2.24) is 10.2 Å². The molecule has 0 spiro atoms. The largest absolute Gasteiger partial charge is 0.354 e. The maximum atomic E-state index is 15.0. The third kappa shape index (κ3) is 7.74. The number of nitrogens with zero attached hydrogens (tertiary/aromatic N) is 2. The molecule has 214 valence electrons. The Balaban J connectivity index is 2.05. The van der Waals surface area contributed by atoms with Gasteiger partial charge in [-0.15, -0.1) is 0 Å². The SMILES string of the molecule is Cc1ccc(S(=O)(=O)N(CC(=O)N(Cc2ccc(Cl)cc2Cl)C(C)C(=O)NCC(C)C)c2ccccc2F)cc1. The summed E-state index contributed by atoms with van der Waals surface area (Å²) >= 11 is 12.4. The number of aryl methyl sites for hydroxylation is 1. The van der Waals surface area contributed by atoms with E-state index in [-0.39, 0.29) is 28.1 Å². The second-order valence-electron chi connectivity index (χ2n) is 9.85. The van der Waals surface area contributed by atoms with Crippen molar-refractivity contribution in [2.45, 2.75) is 45.2 Å². The second kappa shape index (κ2) is 13.5. The van der Waals surface area contributed by atoms with E-state index in [4.69, 9.17) is 23.2 Å². The number of rotatable bonds is 11. The maximum absolute atomic E-state index is 15.0. The molecule has 0 radical (unpaired) electrons. The highest BCUT2D eigenvalue weighted by atomic mass is 35.5. The van der Waals surface area contributed by atoms with Gasteiger partial charge in [-0.1, -0.05) is 72.9 Å². The topological polar surface area (TPSA) is 86.8 Å². The smallest absolute Gasteiger partial charge is 0.264 e. The van der Waals surface area contributed by atoms with Crippen molar-refractivity contribution < 1.29 is 22.4 Å². The number of carbonyl (C=O) groups excluding carboxylic acids is 2. The van der Waals surface area contributed by atoms with Crippen LogP contribution < -0.4 is 9.62 Å². The first-order chi connectivity index (χ1) is 18.8. The molecule has 1 atom stereocenters. The molecule has 0 saturated carbocycles. The molecule has 7 nitrogen and oxygen atoms in total. The zero-order valence-corrected chi connectivity index (χ0v) is 25.0. The minimum atomic E-state index is -4.37. The van der Waals surface area contributed by atoms with Crippen molar-refractivity contribution in [3.63, 3.8) is 0 Å². The van der Waals surface area contributed by atoms with Crippen LogP contribution in [0.3, 0.4) is 0 Å². The first kappa shape index (κ1) is 31.4. The van der Waals surface area contributed by atoms with E-state index in [0.717, 1.165) is 15.9 Å². The number of sulfonamides is 1. The van der Waals surface area contributed by atoms with Crippen molar-refractivity contribution in [2.24, 2.45) is 5.92 Å². The predicted octanol–water partition coefficient (Wildman–Crippen LogP) is 5.83.